The first-order valence-corrected chi connectivity index (χ1v) is 10.3. The van der Waals surface area contributed by atoms with Crippen LogP contribution in [0, 0.1) is 22.2 Å². The number of carbonyl (C=O) groups is 1. The predicted octanol–water partition coefficient (Wildman–Crippen LogP) is 3.92. The Bertz CT molecular complexity index is 958. The van der Waals surface area contributed by atoms with Crippen LogP contribution in [0.1, 0.15) is 36.3 Å². The van der Waals surface area contributed by atoms with Crippen molar-refractivity contribution < 1.29 is 14.6 Å². The molecule has 1 N–H and O–H groups in total. The number of piperidine rings is 1. The van der Waals surface area contributed by atoms with Crippen LogP contribution in [-0.4, -0.2) is 42.4 Å². The van der Waals surface area contributed by atoms with E-state index in [0.29, 0.717) is 19.7 Å². The second-order valence-corrected chi connectivity index (χ2v) is 8.60. The van der Waals surface area contributed by atoms with Gasteiger partial charge in [-0.05, 0) is 46.9 Å². The Morgan fingerprint density at radius 2 is 1.69 bits per heavy atom. The van der Waals surface area contributed by atoms with E-state index in [0.717, 1.165) is 19.3 Å². The van der Waals surface area contributed by atoms with Crippen LogP contribution in [0.2, 0.25) is 0 Å². The highest BCUT2D eigenvalue weighted by atomic mass is 16.6. The van der Waals surface area contributed by atoms with E-state index in [1.807, 2.05) is 24.3 Å². The Balaban J connectivity index is 1.24. The van der Waals surface area contributed by atoms with Crippen LogP contribution >= 0.6 is 0 Å². The quantitative estimate of drug-likeness (QED) is 0.865. The Morgan fingerprint density at radius 1 is 1.10 bits per heavy atom. The normalized spacial score (nSPS) is 23.9. The Morgan fingerprint density at radius 3 is 2.21 bits per heavy atom. The highest BCUT2D eigenvalue weighted by molar-refractivity contribution is 5.79. The third-order valence-corrected chi connectivity index (χ3v) is 7.33. The fourth-order valence-corrected chi connectivity index (χ4v) is 5.41. The first-order valence-electron chi connectivity index (χ1n) is 10.3. The molecule has 5 heteroatoms. The van der Waals surface area contributed by atoms with E-state index < -0.39 is 5.41 Å². The van der Waals surface area contributed by atoms with Crippen LogP contribution in [0.3, 0.4) is 0 Å². The van der Waals surface area contributed by atoms with Crippen molar-refractivity contribution in [1.29, 1.82) is 5.26 Å². The number of benzene rings is 2. The number of rotatable bonds is 3. The SMILES string of the molecule is N#CC1(CO)CC12CCN(C(=O)OCC1c3ccccc3-c3ccccc31)CC2. The number of fused-ring (bicyclic) bond motifs is 3. The average molecular weight is 388 g/mol. The molecule has 29 heavy (non-hydrogen) atoms. The molecule has 5 rings (SSSR count). The maximum atomic E-state index is 12.7. The number of ether oxygens (including phenoxy) is 1. The zero-order valence-electron chi connectivity index (χ0n) is 16.3. The van der Waals surface area contributed by atoms with Gasteiger partial charge in [-0.3, -0.25) is 0 Å². The number of hydrogen-bond acceptors (Lipinski definition) is 4. The summed E-state index contributed by atoms with van der Waals surface area (Å²) < 4.78 is 5.74. The highest BCUT2D eigenvalue weighted by Crippen LogP contribution is 2.68. The minimum atomic E-state index is -0.597. The van der Waals surface area contributed by atoms with E-state index in [1.54, 1.807) is 4.90 Å². The smallest absolute Gasteiger partial charge is 0.409 e. The van der Waals surface area contributed by atoms with Crippen molar-refractivity contribution in [3.05, 3.63) is 59.7 Å². The Labute approximate surface area is 170 Å². The summed E-state index contributed by atoms with van der Waals surface area (Å²) in [6.07, 6.45) is 1.97. The van der Waals surface area contributed by atoms with E-state index >= 15 is 0 Å². The second-order valence-electron chi connectivity index (χ2n) is 8.60. The molecule has 1 unspecified atom stereocenters. The molecule has 1 saturated carbocycles. The monoisotopic (exact) mass is 388 g/mol. The van der Waals surface area contributed by atoms with Gasteiger partial charge in [0, 0.05) is 19.0 Å². The van der Waals surface area contributed by atoms with E-state index in [2.05, 4.69) is 30.3 Å². The van der Waals surface area contributed by atoms with Gasteiger partial charge in [0.25, 0.3) is 0 Å². The molecule has 2 aromatic rings. The lowest BCUT2D eigenvalue weighted by Crippen LogP contribution is -2.41. The minimum absolute atomic E-state index is 0.0616. The average Bonchev–Trinajstić information content (AvgIpc) is 3.28. The molecular formula is C24H24N2O3. The van der Waals surface area contributed by atoms with Crippen LogP contribution in [0.4, 0.5) is 4.79 Å². The lowest BCUT2D eigenvalue weighted by Gasteiger charge is -2.33. The summed E-state index contributed by atoms with van der Waals surface area (Å²) in [5.74, 6) is 0.0616. The molecule has 2 aromatic carbocycles. The third-order valence-electron chi connectivity index (χ3n) is 7.33. The van der Waals surface area contributed by atoms with E-state index in [4.69, 9.17) is 4.74 Å². The summed E-state index contributed by atoms with van der Waals surface area (Å²) in [6.45, 7) is 1.40. The van der Waals surface area contributed by atoms with Gasteiger partial charge in [0.1, 0.15) is 6.61 Å². The zero-order valence-corrected chi connectivity index (χ0v) is 16.3. The predicted molar refractivity (Wildman–Crippen MR) is 108 cm³/mol. The number of carbonyl (C=O) groups excluding carboxylic acids is 1. The molecule has 2 fully saturated rings. The number of amides is 1. The van der Waals surface area contributed by atoms with Crippen molar-refractivity contribution in [2.45, 2.75) is 25.2 Å². The molecule has 0 bridgehead atoms. The van der Waals surface area contributed by atoms with E-state index in [9.17, 15) is 15.2 Å². The van der Waals surface area contributed by atoms with Gasteiger partial charge in [-0.25, -0.2) is 4.79 Å². The Kier molecular flexibility index (Phi) is 4.15. The number of nitriles is 1. The molecule has 2 aliphatic carbocycles. The Hall–Kier alpha value is -2.84. The number of aliphatic hydroxyl groups excluding tert-OH is 1. The fraction of sp³-hybridized carbons (Fsp3) is 0.417. The summed E-state index contributed by atoms with van der Waals surface area (Å²) in [5.41, 5.74) is 4.14. The molecule has 1 spiro atoms. The summed E-state index contributed by atoms with van der Waals surface area (Å²) in [5, 5.41) is 19.0. The molecule has 5 nitrogen and oxygen atoms in total. The molecule has 3 aliphatic rings. The molecule has 1 aliphatic heterocycles. The van der Waals surface area contributed by atoms with Crippen molar-refractivity contribution >= 4 is 6.09 Å². The van der Waals surface area contributed by atoms with Crippen molar-refractivity contribution in [3.8, 4) is 17.2 Å². The molecule has 1 saturated heterocycles. The first-order chi connectivity index (χ1) is 14.1. The van der Waals surface area contributed by atoms with Gasteiger partial charge in [0.15, 0.2) is 0 Å². The lowest BCUT2D eigenvalue weighted by molar-refractivity contribution is 0.0754. The van der Waals surface area contributed by atoms with Gasteiger partial charge < -0.3 is 14.7 Å². The van der Waals surface area contributed by atoms with Gasteiger partial charge >= 0.3 is 6.09 Å². The number of likely N-dealkylation sites (tertiary alicyclic amines) is 1. The number of hydrogen-bond donors (Lipinski definition) is 1. The van der Waals surface area contributed by atoms with Crippen LogP contribution in [0.5, 0.6) is 0 Å². The summed E-state index contributed by atoms with van der Waals surface area (Å²) in [6, 6.07) is 18.9. The van der Waals surface area contributed by atoms with Gasteiger partial charge in [0.2, 0.25) is 0 Å². The molecule has 1 amide bonds. The number of nitrogens with zero attached hydrogens (tertiary/aromatic N) is 2. The van der Waals surface area contributed by atoms with Gasteiger partial charge in [-0.2, -0.15) is 5.26 Å². The van der Waals surface area contributed by atoms with Gasteiger partial charge in [-0.15, -0.1) is 0 Å². The van der Waals surface area contributed by atoms with Crippen LogP contribution < -0.4 is 0 Å². The van der Waals surface area contributed by atoms with E-state index in [-0.39, 0.29) is 24.0 Å². The topological polar surface area (TPSA) is 73.6 Å². The summed E-state index contributed by atoms with van der Waals surface area (Å²) in [7, 11) is 0. The van der Waals surface area contributed by atoms with E-state index in [1.165, 1.54) is 22.3 Å². The minimum Gasteiger partial charge on any atom is -0.448 e. The maximum absolute atomic E-state index is 12.7. The van der Waals surface area contributed by atoms with Crippen LogP contribution in [0.25, 0.3) is 11.1 Å². The first kappa shape index (κ1) is 18.2. The molecule has 1 atom stereocenters. The lowest BCUT2D eigenvalue weighted by atomic mass is 9.85. The summed E-state index contributed by atoms with van der Waals surface area (Å²) in [4.78, 5) is 14.4. The summed E-state index contributed by atoms with van der Waals surface area (Å²) >= 11 is 0. The van der Waals surface area contributed by atoms with Crippen molar-refractivity contribution in [3.63, 3.8) is 0 Å². The molecule has 0 radical (unpaired) electrons. The van der Waals surface area contributed by atoms with Crippen molar-refractivity contribution in [1.82, 2.24) is 4.90 Å². The second kappa shape index (κ2) is 6.60. The largest absolute Gasteiger partial charge is 0.448 e. The molecule has 0 aromatic heterocycles. The van der Waals surface area contributed by atoms with Crippen LogP contribution in [-0.2, 0) is 4.74 Å². The molecule has 148 valence electrons. The molecular weight excluding hydrogens is 364 g/mol. The zero-order chi connectivity index (χ0) is 20.1. The molecule has 1 heterocycles. The van der Waals surface area contributed by atoms with Gasteiger partial charge in [0.05, 0.1) is 18.1 Å². The van der Waals surface area contributed by atoms with Crippen molar-refractivity contribution in [2.75, 3.05) is 26.3 Å². The van der Waals surface area contributed by atoms with Crippen LogP contribution in [0.15, 0.2) is 48.5 Å². The standard InChI is InChI=1S/C24H24N2O3/c25-15-24(16-27)14-23(24)9-11-26(12-10-23)22(28)29-13-21-19-7-3-1-5-17(19)18-6-2-4-8-20(18)21/h1-8,21,27H,9-14,16H2. The van der Waals surface area contributed by atoms with Gasteiger partial charge in [-0.1, -0.05) is 48.5 Å². The number of aliphatic hydroxyl groups is 1. The van der Waals surface area contributed by atoms with Crippen molar-refractivity contribution in [2.24, 2.45) is 10.8 Å². The third kappa shape index (κ3) is 2.67. The fourth-order valence-electron chi connectivity index (χ4n) is 5.41. The maximum Gasteiger partial charge on any atom is 0.409 e. The highest BCUT2D eigenvalue weighted by Gasteiger charge is 2.68.